The van der Waals surface area contributed by atoms with Crippen LogP contribution in [0.3, 0.4) is 0 Å². The molecule has 1 heterocycles. The van der Waals surface area contributed by atoms with Crippen molar-refractivity contribution >= 4 is 34.8 Å². The molecule has 1 N–H and O–H groups in total. The third-order valence-electron chi connectivity index (χ3n) is 5.10. The van der Waals surface area contributed by atoms with E-state index in [-0.39, 0.29) is 18.2 Å². The summed E-state index contributed by atoms with van der Waals surface area (Å²) < 4.78 is 5.31. The van der Waals surface area contributed by atoms with E-state index < -0.39 is 5.92 Å². The van der Waals surface area contributed by atoms with Gasteiger partial charge in [-0.15, -0.1) is 0 Å². The maximum Gasteiger partial charge on any atom is 0.229 e. The highest BCUT2D eigenvalue weighted by atomic mass is 35.5. The van der Waals surface area contributed by atoms with Crippen LogP contribution >= 0.6 is 11.6 Å². The molecule has 3 rings (SSSR count). The summed E-state index contributed by atoms with van der Waals surface area (Å²) in [6, 6.07) is 9.32. The van der Waals surface area contributed by atoms with E-state index in [2.05, 4.69) is 5.32 Å². The highest BCUT2D eigenvalue weighted by molar-refractivity contribution is 6.31. The molecule has 5 nitrogen and oxygen atoms in total. The third-order valence-corrected chi connectivity index (χ3v) is 5.51. The number of halogens is 1. The van der Waals surface area contributed by atoms with Crippen LogP contribution in [0, 0.1) is 26.7 Å². The number of hydrogen-bond donors (Lipinski definition) is 1. The fourth-order valence-electron chi connectivity index (χ4n) is 3.31. The van der Waals surface area contributed by atoms with Gasteiger partial charge in [0.05, 0.1) is 18.7 Å². The molecule has 0 bridgehead atoms. The molecule has 2 amide bonds. The molecule has 0 aliphatic carbocycles. The average molecular weight is 387 g/mol. The molecule has 2 aromatic rings. The molecule has 0 saturated carbocycles. The standard InChI is InChI=1S/C21H23ClN2O3/c1-12-6-5-7-18(14(12)3)24-11-15(9-20(24)25)21(26)23-17-8-13(2)16(22)10-19(17)27-4/h5-8,10,15H,9,11H2,1-4H3,(H,23,26). The zero-order chi connectivity index (χ0) is 19.7. The first-order valence-electron chi connectivity index (χ1n) is 8.83. The minimum Gasteiger partial charge on any atom is -0.495 e. The van der Waals surface area contributed by atoms with Crippen LogP contribution in [0.25, 0.3) is 0 Å². The lowest BCUT2D eigenvalue weighted by atomic mass is 10.1. The van der Waals surface area contributed by atoms with Crippen LogP contribution in [0.5, 0.6) is 5.75 Å². The Morgan fingerprint density at radius 3 is 2.67 bits per heavy atom. The number of aryl methyl sites for hydroxylation is 2. The number of nitrogens with zero attached hydrogens (tertiary/aromatic N) is 1. The maximum absolute atomic E-state index is 12.8. The summed E-state index contributed by atoms with van der Waals surface area (Å²) in [7, 11) is 1.53. The highest BCUT2D eigenvalue weighted by Gasteiger charge is 2.36. The molecule has 1 saturated heterocycles. The Labute approximate surface area is 164 Å². The van der Waals surface area contributed by atoms with Gasteiger partial charge >= 0.3 is 0 Å². The first-order valence-corrected chi connectivity index (χ1v) is 9.21. The maximum atomic E-state index is 12.8. The van der Waals surface area contributed by atoms with Gasteiger partial charge in [0, 0.05) is 29.7 Å². The Bertz CT molecular complexity index is 911. The monoisotopic (exact) mass is 386 g/mol. The minimum absolute atomic E-state index is 0.0388. The van der Waals surface area contributed by atoms with Gasteiger partial charge in [-0.25, -0.2) is 0 Å². The second kappa shape index (κ2) is 7.61. The van der Waals surface area contributed by atoms with Gasteiger partial charge in [0.2, 0.25) is 11.8 Å². The molecule has 0 radical (unpaired) electrons. The molecular weight excluding hydrogens is 364 g/mol. The lowest BCUT2D eigenvalue weighted by Crippen LogP contribution is -2.28. The minimum atomic E-state index is -0.418. The number of rotatable bonds is 4. The number of carbonyl (C=O) groups excluding carboxylic acids is 2. The molecule has 142 valence electrons. The van der Waals surface area contributed by atoms with Crippen molar-refractivity contribution in [3.05, 3.63) is 52.0 Å². The van der Waals surface area contributed by atoms with Gasteiger partial charge in [0.25, 0.3) is 0 Å². The van der Waals surface area contributed by atoms with Crippen molar-refractivity contribution in [2.75, 3.05) is 23.9 Å². The number of hydrogen-bond acceptors (Lipinski definition) is 3. The molecule has 1 aliphatic rings. The van der Waals surface area contributed by atoms with E-state index in [4.69, 9.17) is 16.3 Å². The van der Waals surface area contributed by atoms with E-state index in [1.807, 2.05) is 39.0 Å². The molecule has 2 aromatic carbocycles. The molecule has 6 heteroatoms. The summed E-state index contributed by atoms with van der Waals surface area (Å²) in [5, 5.41) is 3.46. The van der Waals surface area contributed by atoms with Gasteiger partial charge in [-0.3, -0.25) is 9.59 Å². The molecular formula is C21H23ClN2O3. The van der Waals surface area contributed by atoms with Crippen molar-refractivity contribution in [3.63, 3.8) is 0 Å². The summed E-state index contributed by atoms with van der Waals surface area (Å²) in [5.41, 5.74) is 4.45. The summed E-state index contributed by atoms with van der Waals surface area (Å²) in [6.07, 6.45) is 0.189. The number of anilines is 2. The number of methoxy groups -OCH3 is 1. The second-order valence-electron chi connectivity index (χ2n) is 6.92. The van der Waals surface area contributed by atoms with E-state index in [0.717, 1.165) is 22.4 Å². The summed E-state index contributed by atoms with van der Waals surface area (Å²) in [5.74, 6) is -0.160. The second-order valence-corrected chi connectivity index (χ2v) is 7.32. The zero-order valence-electron chi connectivity index (χ0n) is 15.9. The molecule has 1 unspecified atom stereocenters. The summed E-state index contributed by atoms with van der Waals surface area (Å²) in [6.45, 7) is 6.23. The van der Waals surface area contributed by atoms with Crippen LogP contribution < -0.4 is 15.0 Å². The fraction of sp³-hybridized carbons (Fsp3) is 0.333. The Kier molecular flexibility index (Phi) is 5.42. The quantitative estimate of drug-likeness (QED) is 0.853. The first kappa shape index (κ1) is 19.2. The van der Waals surface area contributed by atoms with Crippen LogP contribution in [0.1, 0.15) is 23.1 Å². The smallest absolute Gasteiger partial charge is 0.229 e. The number of benzene rings is 2. The Morgan fingerprint density at radius 2 is 1.96 bits per heavy atom. The Morgan fingerprint density at radius 1 is 1.22 bits per heavy atom. The van der Waals surface area contributed by atoms with Crippen LogP contribution in [-0.2, 0) is 9.59 Å². The van der Waals surface area contributed by atoms with Crippen molar-refractivity contribution in [1.29, 1.82) is 0 Å². The first-order chi connectivity index (χ1) is 12.8. The van der Waals surface area contributed by atoms with Crippen LogP contribution in [0.15, 0.2) is 30.3 Å². The van der Waals surface area contributed by atoms with Crippen LogP contribution in [0.4, 0.5) is 11.4 Å². The van der Waals surface area contributed by atoms with E-state index in [1.54, 1.807) is 17.0 Å². The van der Waals surface area contributed by atoms with Gasteiger partial charge < -0.3 is 15.0 Å². The number of nitrogens with one attached hydrogen (secondary N) is 1. The predicted octanol–water partition coefficient (Wildman–Crippen LogP) is 4.27. The topological polar surface area (TPSA) is 58.6 Å². The predicted molar refractivity (Wildman–Crippen MR) is 108 cm³/mol. The van der Waals surface area contributed by atoms with Crippen LogP contribution in [-0.4, -0.2) is 25.5 Å². The van der Waals surface area contributed by atoms with Gasteiger partial charge in [-0.2, -0.15) is 0 Å². The van der Waals surface area contributed by atoms with Crippen molar-refractivity contribution in [2.45, 2.75) is 27.2 Å². The van der Waals surface area contributed by atoms with Gasteiger partial charge in [-0.05, 0) is 49.6 Å². The lowest BCUT2D eigenvalue weighted by molar-refractivity contribution is -0.122. The third kappa shape index (κ3) is 3.78. The van der Waals surface area contributed by atoms with Crippen LogP contribution in [0.2, 0.25) is 5.02 Å². The Balaban J connectivity index is 1.79. The number of amides is 2. The largest absolute Gasteiger partial charge is 0.495 e. The number of carbonyl (C=O) groups is 2. The van der Waals surface area contributed by atoms with E-state index in [9.17, 15) is 9.59 Å². The van der Waals surface area contributed by atoms with Gasteiger partial charge in [0.1, 0.15) is 5.75 Å². The fourth-order valence-corrected chi connectivity index (χ4v) is 3.46. The molecule has 1 atom stereocenters. The van der Waals surface area contributed by atoms with E-state index in [0.29, 0.717) is 23.0 Å². The molecule has 0 spiro atoms. The molecule has 1 fully saturated rings. The van der Waals surface area contributed by atoms with Crippen molar-refractivity contribution < 1.29 is 14.3 Å². The molecule has 0 aromatic heterocycles. The highest BCUT2D eigenvalue weighted by Crippen LogP contribution is 2.33. The van der Waals surface area contributed by atoms with Gasteiger partial charge in [-0.1, -0.05) is 23.7 Å². The summed E-state index contributed by atoms with van der Waals surface area (Å²) in [4.78, 5) is 27.0. The van der Waals surface area contributed by atoms with E-state index in [1.165, 1.54) is 7.11 Å². The van der Waals surface area contributed by atoms with Gasteiger partial charge in [0.15, 0.2) is 0 Å². The SMILES string of the molecule is COc1cc(Cl)c(C)cc1NC(=O)C1CC(=O)N(c2cccc(C)c2C)C1. The van der Waals surface area contributed by atoms with E-state index >= 15 is 0 Å². The zero-order valence-corrected chi connectivity index (χ0v) is 16.7. The Hall–Kier alpha value is -2.53. The lowest BCUT2D eigenvalue weighted by Gasteiger charge is -2.20. The van der Waals surface area contributed by atoms with Crippen molar-refractivity contribution in [1.82, 2.24) is 0 Å². The number of ether oxygens (including phenoxy) is 1. The molecule has 27 heavy (non-hydrogen) atoms. The van der Waals surface area contributed by atoms with Crippen molar-refractivity contribution in [2.24, 2.45) is 5.92 Å². The average Bonchev–Trinajstić information content (AvgIpc) is 3.02. The summed E-state index contributed by atoms with van der Waals surface area (Å²) >= 11 is 6.12. The van der Waals surface area contributed by atoms with Crippen molar-refractivity contribution in [3.8, 4) is 5.75 Å². The molecule has 1 aliphatic heterocycles. The normalized spacial score (nSPS) is 16.6.